The van der Waals surface area contributed by atoms with Crippen LogP contribution in [0.3, 0.4) is 0 Å². The fourth-order valence-electron chi connectivity index (χ4n) is 4.09. The van der Waals surface area contributed by atoms with Gasteiger partial charge in [-0.05, 0) is 47.2 Å². The van der Waals surface area contributed by atoms with Crippen molar-refractivity contribution in [3.05, 3.63) is 53.6 Å². The molecule has 0 fully saturated rings. The van der Waals surface area contributed by atoms with Crippen LogP contribution in [0, 0.1) is 0 Å². The minimum absolute atomic E-state index is 0.174. The Labute approximate surface area is 134 Å². The fourth-order valence-corrected chi connectivity index (χ4v) is 4.09. The molecular formula is C21H27N. The standard InChI is InChI=1S/C21H27N/c1-3-5-13-21(14-6-4-2)19-10-8-7-9-17(19)18-12-11-16(22)15-20(18)21/h7-12,15H,3-6,13-14,22H2,1-2H3. The van der Waals surface area contributed by atoms with E-state index in [1.54, 1.807) is 0 Å². The maximum atomic E-state index is 6.14. The number of benzene rings is 2. The molecule has 3 rings (SSSR count). The molecule has 0 bridgehead atoms. The van der Waals surface area contributed by atoms with Gasteiger partial charge in [-0.3, -0.25) is 0 Å². The van der Waals surface area contributed by atoms with E-state index in [1.165, 1.54) is 60.8 Å². The van der Waals surface area contributed by atoms with Gasteiger partial charge in [0, 0.05) is 11.1 Å². The van der Waals surface area contributed by atoms with Crippen molar-refractivity contribution in [1.29, 1.82) is 0 Å². The minimum Gasteiger partial charge on any atom is -0.399 e. The van der Waals surface area contributed by atoms with Crippen molar-refractivity contribution in [2.45, 2.75) is 57.8 Å². The van der Waals surface area contributed by atoms with Crippen LogP contribution in [0.4, 0.5) is 5.69 Å². The van der Waals surface area contributed by atoms with E-state index in [0.717, 1.165) is 5.69 Å². The Bertz CT molecular complexity index is 649. The maximum absolute atomic E-state index is 6.14. The molecule has 2 N–H and O–H groups in total. The number of rotatable bonds is 6. The van der Waals surface area contributed by atoms with Gasteiger partial charge in [0.05, 0.1) is 0 Å². The number of nitrogens with two attached hydrogens (primary N) is 1. The zero-order valence-electron chi connectivity index (χ0n) is 13.9. The third kappa shape index (κ3) is 2.33. The second-order valence-electron chi connectivity index (χ2n) is 6.64. The van der Waals surface area contributed by atoms with Gasteiger partial charge in [-0.15, -0.1) is 0 Å². The van der Waals surface area contributed by atoms with Gasteiger partial charge in [-0.2, -0.15) is 0 Å². The first-order chi connectivity index (χ1) is 10.7. The summed E-state index contributed by atoms with van der Waals surface area (Å²) in [5, 5.41) is 0. The van der Waals surface area contributed by atoms with Gasteiger partial charge in [-0.1, -0.05) is 69.9 Å². The fraction of sp³-hybridized carbons (Fsp3) is 0.429. The molecule has 2 aromatic carbocycles. The van der Waals surface area contributed by atoms with Gasteiger partial charge in [0.1, 0.15) is 0 Å². The molecule has 116 valence electrons. The molecule has 1 aliphatic carbocycles. The highest BCUT2D eigenvalue weighted by atomic mass is 14.6. The third-order valence-electron chi connectivity index (χ3n) is 5.21. The molecule has 22 heavy (non-hydrogen) atoms. The van der Waals surface area contributed by atoms with Gasteiger partial charge in [0.25, 0.3) is 0 Å². The summed E-state index contributed by atoms with van der Waals surface area (Å²) < 4.78 is 0. The molecule has 0 atom stereocenters. The topological polar surface area (TPSA) is 26.0 Å². The molecule has 0 aliphatic heterocycles. The number of fused-ring (bicyclic) bond motifs is 3. The Kier molecular flexibility index (Phi) is 4.24. The zero-order valence-corrected chi connectivity index (χ0v) is 13.9. The Morgan fingerprint density at radius 3 is 2.14 bits per heavy atom. The summed E-state index contributed by atoms with van der Waals surface area (Å²) in [6, 6.07) is 15.5. The van der Waals surface area contributed by atoms with Crippen LogP contribution in [-0.2, 0) is 5.41 Å². The van der Waals surface area contributed by atoms with E-state index in [1.807, 2.05) is 6.07 Å². The number of nitrogen functional groups attached to an aromatic ring is 1. The first-order valence-corrected chi connectivity index (χ1v) is 8.73. The van der Waals surface area contributed by atoms with E-state index >= 15 is 0 Å². The predicted molar refractivity (Wildman–Crippen MR) is 96.1 cm³/mol. The van der Waals surface area contributed by atoms with E-state index in [-0.39, 0.29) is 5.41 Å². The van der Waals surface area contributed by atoms with E-state index in [4.69, 9.17) is 5.73 Å². The van der Waals surface area contributed by atoms with E-state index < -0.39 is 0 Å². The Morgan fingerprint density at radius 2 is 1.45 bits per heavy atom. The average molecular weight is 293 g/mol. The molecular weight excluding hydrogens is 266 g/mol. The van der Waals surface area contributed by atoms with Crippen LogP contribution >= 0.6 is 0 Å². The molecule has 1 aliphatic rings. The van der Waals surface area contributed by atoms with Gasteiger partial charge >= 0.3 is 0 Å². The quantitative estimate of drug-likeness (QED) is 0.658. The molecule has 0 heterocycles. The van der Waals surface area contributed by atoms with Crippen molar-refractivity contribution >= 4 is 5.69 Å². The highest BCUT2D eigenvalue weighted by Crippen LogP contribution is 2.54. The summed E-state index contributed by atoms with van der Waals surface area (Å²) in [5.74, 6) is 0. The van der Waals surface area contributed by atoms with Gasteiger partial charge in [0.15, 0.2) is 0 Å². The highest BCUT2D eigenvalue weighted by molar-refractivity contribution is 5.82. The van der Waals surface area contributed by atoms with Crippen LogP contribution in [0.25, 0.3) is 11.1 Å². The van der Waals surface area contributed by atoms with Gasteiger partial charge < -0.3 is 5.73 Å². The van der Waals surface area contributed by atoms with Crippen molar-refractivity contribution in [3.63, 3.8) is 0 Å². The van der Waals surface area contributed by atoms with Gasteiger partial charge in [0.2, 0.25) is 0 Å². The van der Waals surface area contributed by atoms with Crippen LogP contribution < -0.4 is 5.73 Å². The van der Waals surface area contributed by atoms with E-state index in [2.05, 4.69) is 50.2 Å². The molecule has 0 amide bonds. The molecule has 2 aromatic rings. The Hall–Kier alpha value is -1.76. The number of anilines is 1. The van der Waals surface area contributed by atoms with Crippen LogP contribution in [0.5, 0.6) is 0 Å². The van der Waals surface area contributed by atoms with Crippen molar-refractivity contribution < 1.29 is 0 Å². The summed E-state index contributed by atoms with van der Waals surface area (Å²) in [6.45, 7) is 4.57. The second-order valence-corrected chi connectivity index (χ2v) is 6.64. The normalized spacial score (nSPS) is 14.6. The Morgan fingerprint density at radius 1 is 0.818 bits per heavy atom. The number of unbranched alkanes of at least 4 members (excludes halogenated alkanes) is 2. The first kappa shape index (κ1) is 15.1. The summed E-state index contributed by atoms with van der Waals surface area (Å²) in [4.78, 5) is 0. The third-order valence-corrected chi connectivity index (χ3v) is 5.21. The number of hydrogen-bond acceptors (Lipinski definition) is 1. The lowest BCUT2D eigenvalue weighted by Gasteiger charge is -2.32. The van der Waals surface area contributed by atoms with E-state index in [9.17, 15) is 0 Å². The highest BCUT2D eigenvalue weighted by Gasteiger charge is 2.41. The van der Waals surface area contributed by atoms with Crippen LogP contribution in [0.15, 0.2) is 42.5 Å². The molecule has 0 unspecified atom stereocenters. The van der Waals surface area contributed by atoms with Crippen molar-refractivity contribution in [1.82, 2.24) is 0 Å². The second kappa shape index (κ2) is 6.16. The molecule has 0 saturated heterocycles. The molecule has 1 heteroatoms. The summed E-state index contributed by atoms with van der Waals surface area (Å²) in [5.41, 5.74) is 13.0. The number of hydrogen-bond donors (Lipinski definition) is 1. The van der Waals surface area contributed by atoms with Crippen LogP contribution in [-0.4, -0.2) is 0 Å². The molecule has 0 radical (unpaired) electrons. The van der Waals surface area contributed by atoms with Crippen LogP contribution in [0.2, 0.25) is 0 Å². The molecule has 1 nitrogen and oxygen atoms in total. The molecule has 0 aromatic heterocycles. The average Bonchev–Trinajstić information content (AvgIpc) is 2.81. The summed E-state index contributed by atoms with van der Waals surface area (Å²) >= 11 is 0. The van der Waals surface area contributed by atoms with Crippen LogP contribution in [0.1, 0.15) is 63.5 Å². The maximum Gasteiger partial charge on any atom is 0.0317 e. The van der Waals surface area contributed by atoms with E-state index in [0.29, 0.717) is 0 Å². The monoisotopic (exact) mass is 293 g/mol. The summed E-state index contributed by atoms with van der Waals surface area (Å²) in [6.07, 6.45) is 7.49. The minimum atomic E-state index is 0.174. The lowest BCUT2D eigenvalue weighted by atomic mass is 9.71. The predicted octanol–water partition coefficient (Wildman–Crippen LogP) is 5.92. The van der Waals surface area contributed by atoms with Crippen molar-refractivity contribution in [3.8, 4) is 11.1 Å². The smallest absolute Gasteiger partial charge is 0.0317 e. The largest absolute Gasteiger partial charge is 0.399 e. The Balaban J connectivity index is 2.20. The zero-order chi connectivity index (χ0) is 15.6. The van der Waals surface area contributed by atoms with Crippen molar-refractivity contribution in [2.24, 2.45) is 0 Å². The first-order valence-electron chi connectivity index (χ1n) is 8.73. The summed E-state index contributed by atoms with van der Waals surface area (Å²) in [7, 11) is 0. The molecule has 0 spiro atoms. The lowest BCUT2D eigenvalue weighted by molar-refractivity contribution is 0.414. The SMILES string of the molecule is CCCCC1(CCCC)c2ccccc2-c2ccc(N)cc21. The van der Waals surface area contributed by atoms with Gasteiger partial charge in [-0.25, -0.2) is 0 Å². The van der Waals surface area contributed by atoms with Crippen molar-refractivity contribution in [2.75, 3.05) is 5.73 Å². The molecule has 0 saturated carbocycles. The lowest BCUT2D eigenvalue weighted by Crippen LogP contribution is -2.25.